The summed E-state index contributed by atoms with van der Waals surface area (Å²) in [4.78, 5) is 45.2. The quantitative estimate of drug-likeness (QED) is 0.427. The maximum Gasteiger partial charge on any atom is 0.309 e. The lowest BCUT2D eigenvalue weighted by Crippen LogP contribution is -2.17. The Morgan fingerprint density at radius 2 is 1.09 bits per heavy atom. The molecule has 128 valence electrons. The summed E-state index contributed by atoms with van der Waals surface area (Å²) >= 11 is 0. The lowest BCUT2D eigenvalue weighted by atomic mass is 10.2. The second-order valence-corrected chi connectivity index (χ2v) is 6.07. The summed E-state index contributed by atoms with van der Waals surface area (Å²) in [5, 5.41) is 0. The highest BCUT2D eigenvalue weighted by Crippen LogP contribution is 2.40. The molecule has 0 spiro atoms. The number of rotatable bonds is 10. The molecule has 2 saturated carbocycles. The lowest BCUT2D eigenvalue weighted by molar-refractivity contribution is -0.149. The van der Waals surface area contributed by atoms with Crippen molar-refractivity contribution in [2.75, 3.05) is 26.4 Å². The van der Waals surface area contributed by atoms with Gasteiger partial charge in [0.15, 0.2) is 0 Å². The van der Waals surface area contributed by atoms with Gasteiger partial charge in [0.2, 0.25) is 0 Å². The second-order valence-electron chi connectivity index (χ2n) is 6.07. The minimum atomic E-state index is -0.357. The van der Waals surface area contributed by atoms with Crippen LogP contribution in [0.3, 0.4) is 0 Å². The van der Waals surface area contributed by atoms with Crippen LogP contribution in [-0.4, -0.2) is 49.9 Å². The van der Waals surface area contributed by atoms with E-state index in [9.17, 15) is 19.2 Å². The average Bonchev–Trinajstić information content (AvgIpc) is 3.37. The van der Waals surface area contributed by atoms with Gasteiger partial charge in [0.1, 0.15) is 24.8 Å². The number of hydrogen-bond acceptors (Lipinski definition) is 7. The molecule has 0 amide bonds. The number of ether oxygens (including phenoxy) is 3. The maximum atomic E-state index is 11.5. The number of ketones is 2. The van der Waals surface area contributed by atoms with E-state index < -0.39 is 0 Å². The van der Waals surface area contributed by atoms with Crippen molar-refractivity contribution in [2.45, 2.75) is 26.7 Å². The molecule has 0 aliphatic heterocycles. The molecule has 0 aromatic rings. The molecule has 0 radical (unpaired) electrons. The van der Waals surface area contributed by atoms with Gasteiger partial charge in [-0.25, -0.2) is 0 Å². The van der Waals surface area contributed by atoms with Gasteiger partial charge in [0.25, 0.3) is 0 Å². The maximum absolute atomic E-state index is 11.5. The molecule has 4 unspecified atom stereocenters. The van der Waals surface area contributed by atoms with Crippen LogP contribution in [0.15, 0.2) is 0 Å². The first-order valence-electron chi connectivity index (χ1n) is 7.83. The Bertz CT molecular complexity index is 455. The fourth-order valence-corrected chi connectivity index (χ4v) is 2.53. The van der Waals surface area contributed by atoms with Gasteiger partial charge in [-0.05, 0) is 26.7 Å². The van der Waals surface area contributed by atoms with E-state index in [4.69, 9.17) is 14.2 Å². The second kappa shape index (κ2) is 7.68. The highest BCUT2D eigenvalue weighted by Gasteiger charge is 2.47. The summed E-state index contributed by atoms with van der Waals surface area (Å²) in [6.45, 7) is 3.59. The van der Waals surface area contributed by atoms with Gasteiger partial charge in [0, 0.05) is 11.8 Å². The molecule has 7 nitrogen and oxygen atoms in total. The number of esters is 2. The zero-order valence-electron chi connectivity index (χ0n) is 13.4. The van der Waals surface area contributed by atoms with Crippen LogP contribution in [0.1, 0.15) is 26.7 Å². The first-order chi connectivity index (χ1) is 10.9. The molecule has 0 N–H and O–H groups in total. The zero-order valence-corrected chi connectivity index (χ0v) is 13.4. The van der Waals surface area contributed by atoms with E-state index in [-0.39, 0.29) is 73.6 Å². The van der Waals surface area contributed by atoms with E-state index in [0.717, 1.165) is 0 Å². The van der Waals surface area contributed by atoms with Crippen LogP contribution in [0.4, 0.5) is 0 Å². The summed E-state index contributed by atoms with van der Waals surface area (Å²) in [5.74, 6) is -1.61. The number of carbonyl (C=O) groups excluding carboxylic acids is 4. The molecule has 2 fully saturated rings. The van der Waals surface area contributed by atoms with Crippen LogP contribution < -0.4 is 0 Å². The van der Waals surface area contributed by atoms with Crippen molar-refractivity contribution in [3.05, 3.63) is 0 Å². The predicted molar refractivity (Wildman–Crippen MR) is 77.3 cm³/mol. The summed E-state index contributed by atoms with van der Waals surface area (Å²) in [5.41, 5.74) is 0. The fraction of sp³-hybridized carbons (Fsp3) is 0.750. The van der Waals surface area contributed by atoms with Crippen LogP contribution >= 0.6 is 0 Å². The summed E-state index contributed by atoms with van der Waals surface area (Å²) in [7, 11) is 0. The van der Waals surface area contributed by atoms with Crippen molar-refractivity contribution in [1.29, 1.82) is 0 Å². The molecule has 4 atom stereocenters. The van der Waals surface area contributed by atoms with Gasteiger partial charge in [-0.3, -0.25) is 19.2 Å². The van der Waals surface area contributed by atoms with Gasteiger partial charge < -0.3 is 14.2 Å². The molecule has 0 bridgehead atoms. The van der Waals surface area contributed by atoms with Crippen LogP contribution in [-0.2, 0) is 33.4 Å². The van der Waals surface area contributed by atoms with Crippen molar-refractivity contribution in [3.63, 3.8) is 0 Å². The minimum Gasteiger partial charge on any atom is -0.463 e. The Morgan fingerprint density at radius 1 is 0.696 bits per heavy atom. The Balaban J connectivity index is 1.43. The summed E-state index contributed by atoms with van der Waals surface area (Å²) < 4.78 is 15.2. The average molecular weight is 326 g/mol. The standard InChI is InChI=1S/C16H22O7/c1-9(17)11-7-13(11)15(19)22-5-3-21-4-6-23-16(20)14-8-12(14)10(2)18/h11-14H,3-8H2,1-2H3. The Labute approximate surface area is 134 Å². The Kier molecular flexibility index (Phi) is 5.87. The smallest absolute Gasteiger partial charge is 0.309 e. The molecule has 23 heavy (non-hydrogen) atoms. The molecule has 0 heterocycles. The molecule has 0 aromatic heterocycles. The third kappa shape index (κ3) is 5.13. The van der Waals surface area contributed by atoms with Crippen molar-refractivity contribution in [3.8, 4) is 0 Å². The van der Waals surface area contributed by atoms with Crippen LogP contribution in [0.5, 0.6) is 0 Å². The van der Waals surface area contributed by atoms with E-state index in [0.29, 0.717) is 12.8 Å². The van der Waals surface area contributed by atoms with Crippen molar-refractivity contribution in [1.82, 2.24) is 0 Å². The molecule has 0 aromatic carbocycles. The van der Waals surface area contributed by atoms with E-state index in [2.05, 4.69) is 0 Å². The SMILES string of the molecule is CC(=O)C1CC1C(=O)OCCOCCOC(=O)C1CC1C(C)=O. The number of hydrogen-bond donors (Lipinski definition) is 0. The summed E-state index contributed by atoms with van der Waals surface area (Å²) in [6.07, 6.45) is 1.15. The van der Waals surface area contributed by atoms with Gasteiger partial charge in [-0.2, -0.15) is 0 Å². The van der Waals surface area contributed by atoms with E-state index in [1.807, 2.05) is 0 Å². The minimum absolute atomic E-state index is 0.0210. The van der Waals surface area contributed by atoms with Crippen LogP contribution in [0.25, 0.3) is 0 Å². The molecule has 2 rings (SSSR count). The third-order valence-electron chi connectivity index (χ3n) is 4.17. The normalized spacial score (nSPS) is 27.9. The molecule has 2 aliphatic rings. The Morgan fingerprint density at radius 3 is 1.39 bits per heavy atom. The predicted octanol–water partition coefficient (Wildman–Crippen LogP) is 0.540. The van der Waals surface area contributed by atoms with Gasteiger partial charge in [0.05, 0.1) is 25.0 Å². The van der Waals surface area contributed by atoms with Crippen molar-refractivity contribution in [2.24, 2.45) is 23.7 Å². The van der Waals surface area contributed by atoms with E-state index in [1.165, 1.54) is 13.8 Å². The highest BCUT2D eigenvalue weighted by atomic mass is 16.6. The Hall–Kier alpha value is -1.76. The topological polar surface area (TPSA) is 96.0 Å². The van der Waals surface area contributed by atoms with Gasteiger partial charge in [-0.1, -0.05) is 0 Å². The molecule has 0 saturated heterocycles. The zero-order chi connectivity index (χ0) is 17.0. The first kappa shape index (κ1) is 17.6. The highest BCUT2D eigenvalue weighted by molar-refractivity contribution is 5.90. The summed E-state index contributed by atoms with van der Waals surface area (Å²) in [6, 6.07) is 0. The third-order valence-corrected chi connectivity index (χ3v) is 4.17. The molecule has 7 heteroatoms. The van der Waals surface area contributed by atoms with Crippen LogP contribution in [0, 0.1) is 23.7 Å². The lowest BCUT2D eigenvalue weighted by Gasteiger charge is -2.07. The molecular formula is C16H22O7. The van der Waals surface area contributed by atoms with Gasteiger partial charge in [-0.15, -0.1) is 0 Å². The molecule has 2 aliphatic carbocycles. The van der Waals surface area contributed by atoms with E-state index >= 15 is 0 Å². The van der Waals surface area contributed by atoms with Crippen molar-refractivity contribution < 1.29 is 33.4 Å². The van der Waals surface area contributed by atoms with Gasteiger partial charge >= 0.3 is 11.9 Å². The monoisotopic (exact) mass is 326 g/mol. The van der Waals surface area contributed by atoms with E-state index in [1.54, 1.807) is 0 Å². The number of carbonyl (C=O) groups is 4. The van der Waals surface area contributed by atoms with Crippen LogP contribution in [0.2, 0.25) is 0 Å². The molecular weight excluding hydrogens is 304 g/mol. The van der Waals surface area contributed by atoms with Crippen molar-refractivity contribution >= 4 is 23.5 Å². The fourth-order valence-electron chi connectivity index (χ4n) is 2.53. The number of Topliss-reactive ketones (excluding diaryl/α,β-unsaturated/α-hetero) is 2. The first-order valence-corrected chi connectivity index (χ1v) is 7.83. The largest absolute Gasteiger partial charge is 0.463 e.